The first-order valence-corrected chi connectivity index (χ1v) is 5.73. The number of likely N-dealkylation sites (tertiary alicyclic amines) is 1. The lowest BCUT2D eigenvalue weighted by molar-refractivity contribution is -0.153. The maximum atomic E-state index is 11.8. The largest absolute Gasteiger partial charge is 0.375 e. The molecule has 2 saturated heterocycles. The standard InChI is InChI=1S/C11H20N2O2/c1-12(2)10(14)13-7-3-4-11(5-8-13)6-9-15-11/h3-9H2,1-2H3. The molecular formula is C11H20N2O2. The molecule has 0 bridgehead atoms. The highest BCUT2D eigenvalue weighted by Gasteiger charge is 2.40. The van der Waals surface area contributed by atoms with Gasteiger partial charge in [-0.15, -0.1) is 0 Å². The van der Waals surface area contributed by atoms with Crippen LogP contribution in [0.5, 0.6) is 0 Å². The molecule has 4 heteroatoms. The third-order valence-electron chi connectivity index (χ3n) is 3.52. The summed E-state index contributed by atoms with van der Waals surface area (Å²) in [7, 11) is 3.62. The summed E-state index contributed by atoms with van der Waals surface area (Å²) < 4.78 is 5.68. The van der Waals surface area contributed by atoms with E-state index in [4.69, 9.17) is 4.74 Å². The molecule has 86 valence electrons. The Bertz CT molecular complexity index is 249. The van der Waals surface area contributed by atoms with Gasteiger partial charge in [-0.1, -0.05) is 0 Å². The number of urea groups is 1. The van der Waals surface area contributed by atoms with Gasteiger partial charge in [-0.05, 0) is 25.7 Å². The molecule has 0 aromatic rings. The minimum absolute atomic E-state index is 0.126. The van der Waals surface area contributed by atoms with E-state index in [9.17, 15) is 4.79 Å². The first-order chi connectivity index (χ1) is 7.13. The van der Waals surface area contributed by atoms with E-state index in [-0.39, 0.29) is 11.6 Å². The van der Waals surface area contributed by atoms with Crippen LogP contribution < -0.4 is 0 Å². The van der Waals surface area contributed by atoms with E-state index in [1.54, 1.807) is 4.90 Å². The van der Waals surface area contributed by atoms with Gasteiger partial charge in [0.15, 0.2) is 0 Å². The fourth-order valence-corrected chi connectivity index (χ4v) is 2.43. The summed E-state index contributed by atoms with van der Waals surface area (Å²) in [5.41, 5.74) is 0.126. The second-order valence-corrected chi connectivity index (χ2v) is 4.80. The molecule has 0 radical (unpaired) electrons. The number of hydrogen-bond acceptors (Lipinski definition) is 2. The van der Waals surface area contributed by atoms with Gasteiger partial charge >= 0.3 is 6.03 Å². The van der Waals surface area contributed by atoms with Crippen molar-refractivity contribution in [1.29, 1.82) is 0 Å². The highest BCUT2D eigenvalue weighted by atomic mass is 16.5. The maximum absolute atomic E-state index is 11.8. The van der Waals surface area contributed by atoms with Gasteiger partial charge in [-0.2, -0.15) is 0 Å². The molecule has 2 heterocycles. The van der Waals surface area contributed by atoms with Crippen molar-refractivity contribution in [2.24, 2.45) is 0 Å². The molecule has 1 unspecified atom stereocenters. The Morgan fingerprint density at radius 2 is 2.00 bits per heavy atom. The van der Waals surface area contributed by atoms with Crippen LogP contribution in [0.25, 0.3) is 0 Å². The van der Waals surface area contributed by atoms with Gasteiger partial charge in [0.05, 0.1) is 12.2 Å². The lowest BCUT2D eigenvalue weighted by Crippen LogP contribution is -2.45. The van der Waals surface area contributed by atoms with Crippen LogP contribution in [-0.4, -0.2) is 55.2 Å². The van der Waals surface area contributed by atoms with Crippen molar-refractivity contribution in [3.8, 4) is 0 Å². The lowest BCUT2D eigenvalue weighted by atomic mass is 9.87. The Kier molecular flexibility index (Phi) is 2.87. The normalized spacial score (nSPS) is 30.9. The fourth-order valence-electron chi connectivity index (χ4n) is 2.43. The topological polar surface area (TPSA) is 32.8 Å². The molecule has 2 amide bonds. The van der Waals surface area contributed by atoms with Crippen molar-refractivity contribution in [3.05, 3.63) is 0 Å². The highest BCUT2D eigenvalue weighted by molar-refractivity contribution is 5.73. The smallest absolute Gasteiger partial charge is 0.319 e. The number of hydrogen-bond donors (Lipinski definition) is 0. The van der Waals surface area contributed by atoms with Gasteiger partial charge < -0.3 is 14.5 Å². The molecule has 15 heavy (non-hydrogen) atoms. The van der Waals surface area contributed by atoms with Crippen LogP contribution in [0.15, 0.2) is 0 Å². The zero-order chi connectivity index (χ0) is 10.9. The Labute approximate surface area is 91.2 Å². The first kappa shape index (κ1) is 10.7. The summed E-state index contributed by atoms with van der Waals surface area (Å²) in [5, 5.41) is 0. The number of amides is 2. The van der Waals surface area contributed by atoms with E-state index >= 15 is 0 Å². The van der Waals surface area contributed by atoms with E-state index < -0.39 is 0 Å². The number of carbonyl (C=O) groups is 1. The summed E-state index contributed by atoms with van der Waals surface area (Å²) >= 11 is 0. The predicted molar refractivity (Wildman–Crippen MR) is 57.8 cm³/mol. The molecule has 0 N–H and O–H groups in total. The van der Waals surface area contributed by atoms with E-state index in [1.165, 1.54) is 6.42 Å². The molecule has 2 aliphatic rings. The molecule has 2 aliphatic heterocycles. The van der Waals surface area contributed by atoms with Crippen molar-refractivity contribution in [1.82, 2.24) is 9.80 Å². The van der Waals surface area contributed by atoms with Gasteiger partial charge in [-0.25, -0.2) is 4.79 Å². The molecular weight excluding hydrogens is 192 g/mol. The van der Waals surface area contributed by atoms with E-state index in [0.717, 1.165) is 39.0 Å². The van der Waals surface area contributed by atoms with Crippen molar-refractivity contribution >= 4 is 6.03 Å². The third kappa shape index (κ3) is 2.09. The van der Waals surface area contributed by atoms with Gasteiger partial charge in [0, 0.05) is 27.2 Å². The Morgan fingerprint density at radius 1 is 1.27 bits per heavy atom. The molecule has 0 aliphatic carbocycles. The molecule has 1 spiro atoms. The van der Waals surface area contributed by atoms with Crippen LogP contribution in [0.3, 0.4) is 0 Å². The van der Waals surface area contributed by atoms with E-state index in [2.05, 4.69) is 0 Å². The van der Waals surface area contributed by atoms with Crippen LogP contribution in [-0.2, 0) is 4.74 Å². The minimum Gasteiger partial charge on any atom is -0.375 e. The SMILES string of the molecule is CN(C)C(=O)N1CCCC2(CCO2)CC1. The van der Waals surface area contributed by atoms with Gasteiger partial charge in [0.25, 0.3) is 0 Å². The van der Waals surface area contributed by atoms with Crippen LogP contribution >= 0.6 is 0 Å². The van der Waals surface area contributed by atoms with Crippen molar-refractivity contribution < 1.29 is 9.53 Å². The fraction of sp³-hybridized carbons (Fsp3) is 0.909. The maximum Gasteiger partial charge on any atom is 0.319 e. The van der Waals surface area contributed by atoms with Crippen LogP contribution in [0, 0.1) is 0 Å². The van der Waals surface area contributed by atoms with E-state index in [1.807, 2.05) is 19.0 Å². The van der Waals surface area contributed by atoms with Crippen molar-refractivity contribution in [2.45, 2.75) is 31.3 Å². The van der Waals surface area contributed by atoms with Crippen LogP contribution in [0.1, 0.15) is 25.7 Å². The molecule has 0 aromatic carbocycles. The average molecular weight is 212 g/mol. The second kappa shape index (κ2) is 4.00. The number of nitrogens with zero attached hydrogens (tertiary/aromatic N) is 2. The molecule has 0 aromatic heterocycles. The van der Waals surface area contributed by atoms with Crippen LogP contribution in [0.4, 0.5) is 4.79 Å². The summed E-state index contributed by atoms with van der Waals surface area (Å²) in [4.78, 5) is 15.4. The zero-order valence-electron chi connectivity index (χ0n) is 9.66. The van der Waals surface area contributed by atoms with Gasteiger partial charge in [0.1, 0.15) is 0 Å². The number of ether oxygens (including phenoxy) is 1. The predicted octanol–water partition coefficient (Wildman–Crippen LogP) is 1.31. The first-order valence-electron chi connectivity index (χ1n) is 5.73. The Hall–Kier alpha value is -0.770. The molecule has 0 saturated carbocycles. The van der Waals surface area contributed by atoms with Gasteiger partial charge in [0.2, 0.25) is 0 Å². The molecule has 2 fully saturated rings. The summed E-state index contributed by atoms with van der Waals surface area (Å²) in [5.74, 6) is 0. The summed E-state index contributed by atoms with van der Waals surface area (Å²) in [6, 6.07) is 0.131. The number of rotatable bonds is 0. The van der Waals surface area contributed by atoms with Crippen molar-refractivity contribution in [3.63, 3.8) is 0 Å². The zero-order valence-corrected chi connectivity index (χ0v) is 9.66. The summed E-state index contributed by atoms with van der Waals surface area (Å²) in [6.07, 6.45) is 4.37. The monoisotopic (exact) mass is 212 g/mol. The van der Waals surface area contributed by atoms with Gasteiger partial charge in [-0.3, -0.25) is 0 Å². The average Bonchev–Trinajstić information content (AvgIpc) is 2.37. The Balaban J connectivity index is 1.92. The summed E-state index contributed by atoms with van der Waals surface area (Å²) in [6.45, 7) is 2.63. The highest BCUT2D eigenvalue weighted by Crippen LogP contribution is 2.36. The minimum atomic E-state index is 0.126. The number of carbonyl (C=O) groups excluding carboxylic acids is 1. The Morgan fingerprint density at radius 3 is 2.53 bits per heavy atom. The van der Waals surface area contributed by atoms with Crippen LogP contribution in [0.2, 0.25) is 0 Å². The van der Waals surface area contributed by atoms with Crippen molar-refractivity contribution in [2.75, 3.05) is 33.8 Å². The second-order valence-electron chi connectivity index (χ2n) is 4.80. The quantitative estimate of drug-likeness (QED) is 0.606. The molecule has 2 rings (SSSR count). The molecule has 4 nitrogen and oxygen atoms in total. The third-order valence-corrected chi connectivity index (χ3v) is 3.52. The molecule has 1 atom stereocenters. The van der Waals surface area contributed by atoms with E-state index in [0.29, 0.717) is 0 Å². The lowest BCUT2D eigenvalue weighted by Gasteiger charge is -2.41.